The Morgan fingerprint density at radius 1 is 1.40 bits per heavy atom. The summed E-state index contributed by atoms with van der Waals surface area (Å²) in [6, 6.07) is 0.150. The largest absolute Gasteiger partial charge is 0.390 e. The molecule has 6 heteroatoms. The summed E-state index contributed by atoms with van der Waals surface area (Å²) in [5.74, 6) is 0.303. The maximum absolute atomic E-state index is 11.9. The van der Waals surface area contributed by atoms with E-state index in [-0.39, 0.29) is 25.0 Å². The van der Waals surface area contributed by atoms with E-state index in [1.54, 1.807) is 0 Å². The van der Waals surface area contributed by atoms with Gasteiger partial charge in [0.1, 0.15) is 0 Å². The van der Waals surface area contributed by atoms with Crippen LogP contribution < -0.4 is 5.73 Å². The molecular formula is C9H18ClF3N2. The van der Waals surface area contributed by atoms with Gasteiger partial charge in [-0.1, -0.05) is 6.92 Å². The summed E-state index contributed by atoms with van der Waals surface area (Å²) in [7, 11) is 0. The number of nitrogens with two attached hydrogens (primary N) is 1. The third-order valence-corrected chi connectivity index (χ3v) is 2.77. The van der Waals surface area contributed by atoms with Crippen LogP contribution >= 0.6 is 12.4 Å². The predicted octanol–water partition coefficient (Wildman–Crippen LogP) is 2.03. The van der Waals surface area contributed by atoms with Crippen molar-refractivity contribution in [2.24, 2.45) is 11.7 Å². The molecule has 0 radical (unpaired) electrons. The molecule has 0 amide bonds. The van der Waals surface area contributed by atoms with E-state index in [2.05, 4.69) is 0 Å². The summed E-state index contributed by atoms with van der Waals surface area (Å²) < 4.78 is 35.8. The van der Waals surface area contributed by atoms with Crippen LogP contribution in [0.15, 0.2) is 0 Å². The summed E-state index contributed by atoms with van der Waals surface area (Å²) >= 11 is 0. The Balaban J connectivity index is 0.00000196. The molecule has 0 spiro atoms. The Morgan fingerprint density at radius 3 is 2.47 bits per heavy atom. The van der Waals surface area contributed by atoms with Gasteiger partial charge in [0.05, 0.1) is 6.42 Å². The van der Waals surface area contributed by atoms with Gasteiger partial charge in [0.25, 0.3) is 0 Å². The molecule has 92 valence electrons. The summed E-state index contributed by atoms with van der Waals surface area (Å²) in [4.78, 5) is 1.85. The Labute approximate surface area is 94.4 Å². The molecule has 1 rings (SSSR count). The molecule has 15 heavy (non-hydrogen) atoms. The van der Waals surface area contributed by atoms with Crippen LogP contribution in [0.3, 0.4) is 0 Å². The third-order valence-electron chi connectivity index (χ3n) is 2.77. The molecular weight excluding hydrogens is 229 g/mol. The highest BCUT2D eigenvalue weighted by atomic mass is 35.5. The second-order valence-electron chi connectivity index (χ2n) is 4.10. The lowest BCUT2D eigenvalue weighted by Gasteiger charge is -2.35. The van der Waals surface area contributed by atoms with Gasteiger partial charge in [0, 0.05) is 19.1 Å². The lowest BCUT2D eigenvalue weighted by Crippen LogP contribution is -2.46. The molecule has 0 saturated carbocycles. The Kier molecular flexibility index (Phi) is 5.92. The van der Waals surface area contributed by atoms with Crippen LogP contribution in [0.4, 0.5) is 13.2 Å². The van der Waals surface area contributed by atoms with Crippen molar-refractivity contribution in [1.29, 1.82) is 0 Å². The van der Waals surface area contributed by atoms with Gasteiger partial charge in [0.2, 0.25) is 0 Å². The molecule has 0 aliphatic carbocycles. The van der Waals surface area contributed by atoms with Crippen molar-refractivity contribution in [2.45, 2.75) is 32.0 Å². The van der Waals surface area contributed by atoms with E-state index in [1.165, 1.54) is 0 Å². The first-order valence-electron chi connectivity index (χ1n) is 4.93. The molecule has 1 heterocycles. The predicted molar refractivity (Wildman–Crippen MR) is 56.1 cm³/mol. The Bertz CT molecular complexity index is 187. The number of likely N-dealkylation sites (tertiary alicyclic amines) is 1. The zero-order valence-electron chi connectivity index (χ0n) is 8.76. The molecule has 2 atom stereocenters. The summed E-state index contributed by atoms with van der Waals surface area (Å²) in [5, 5.41) is 0. The first kappa shape index (κ1) is 15.0. The minimum Gasteiger partial charge on any atom is -0.327 e. The van der Waals surface area contributed by atoms with Gasteiger partial charge in [-0.05, 0) is 18.9 Å². The molecule has 1 saturated heterocycles. The van der Waals surface area contributed by atoms with E-state index < -0.39 is 12.6 Å². The molecule has 2 nitrogen and oxygen atoms in total. The van der Waals surface area contributed by atoms with E-state index in [1.807, 2.05) is 11.8 Å². The average Bonchev–Trinajstić information content (AvgIpc) is 2.06. The lowest BCUT2D eigenvalue weighted by atomic mass is 9.95. The van der Waals surface area contributed by atoms with Gasteiger partial charge >= 0.3 is 6.18 Å². The van der Waals surface area contributed by atoms with Crippen molar-refractivity contribution >= 4 is 12.4 Å². The quantitative estimate of drug-likeness (QED) is 0.808. The number of halogens is 4. The van der Waals surface area contributed by atoms with Crippen LogP contribution in [0.5, 0.6) is 0 Å². The zero-order valence-corrected chi connectivity index (χ0v) is 9.57. The van der Waals surface area contributed by atoms with Gasteiger partial charge < -0.3 is 10.6 Å². The van der Waals surface area contributed by atoms with E-state index in [4.69, 9.17) is 5.73 Å². The molecule has 2 N–H and O–H groups in total. The number of hydrogen-bond acceptors (Lipinski definition) is 2. The highest BCUT2D eigenvalue weighted by molar-refractivity contribution is 5.85. The van der Waals surface area contributed by atoms with Crippen LogP contribution in [-0.4, -0.2) is 36.8 Å². The van der Waals surface area contributed by atoms with Gasteiger partial charge in [0.15, 0.2) is 0 Å². The Hall–Kier alpha value is 0. The number of nitrogens with zero attached hydrogens (tertiary/aromatic N) is 1. The van der Waals surface area contributed by atoms with Crippen molar-refractivity contribution in [2.75, 3.05) is 19.6 Å². The van der Waals surface area contributed by atoms with E-state index in [9.17, 15) is 13.2 Å². The first-order chi connectivity index (χ1) is 6.38. The fourth-order valence-corrected chi connectivity index (χ4v) is 1.74. The van der Waals surface area contributed by atoms with Crippen molar-refractivity contribution in [1.82, 2.24) is 4.90 Å². The molecule has 1 fully saturated rings. The van der Waals surface area contributed by atoms with Crippen LogP contribution in [-0.2, 0) is 0 Å². The third kappa shape index (κ3) is 5.58. The molecule has 0 aromatic rings. The van der Waals surface area contributed by atoms with Crippen molar-refractivity contribution < 1.29 is 13.2 Å². The van der Waals surface area contributed by atoms with Gasteiger partial charge in [-0.25, -0.2) is 0 Å². The second kappa shape index (κ2) is 5.92. The summed E-state index contributed by atoms with van der Waals surface area (Å²) in [6.45, 7) is 3.49. The number of rotatable bonds is 2. The van der Waals surface area contributed by atoms with E-state index in [0.717, 1.165) is 6.42 Å². The fraction of sp³-hybridized carbons (Fsp3) is 1.00. The van der Waals surface area contributed by atoms with Gasteiger partial charge in [-0.2, -0.15) is 13.2 Å². The minimum absolute atomic E-state index is 0. The topological polar surface area (TPSA) is 29.3 Å². The van der Waals surface area contributed by atoms with Crippen LogP contribution in [0.25, 0.3) is 0 Å². The number of hydrogen-bond donors (Lipinski definition) is 1. The lowest BCUT2D eigenvalue weighted by molar-refractivity contribution is -0.138. The van der Waals surface area contributed by atoms with Crippen LogP contribution in [0, 0.1) is 5.92 Å². The monoisotopic (exact) mass is 246 g/mol. The van der Waals surface area contributed by atoms with Crippen LogP contribution in [0.2, 0.25) is 0 Å². The van der Waals surface area contributed by atoms with Crippen molar-refractivity contribution in [3.05, 3.63) is 0 Å². The standard InChI is InChI=1S/C9H17F3N2.ClH/c1-7-6-14(4-2-8(7)13)5-3-9(10,11)12;/h7-8H,2-6,13H2,1H3;1H. The number of alkyl halides is 3. The molecule has 1 aliphatic heterocycles. The summed E-state index contributed by atoms with van der Waals surface area (Å²) in [6.07, 6.45) is -3.95. The Morgan fingerprint density at radius 2 is 2.00 bits per heavy atom. The molecule has 0 bridgehead atoms. The van der Waals surface area contributed by atoms with Gasteiger partial charge in [-0.3, -0.25) is 0 Å². The first-order valence-corrected chi connectivity index (χ1v) is 4.93. The molecule has 1 aliphatic rings. The molecule has 0 aromatic heterocycles. The van der Waals surface area contributed by atoms with Gasteiger partial charge in [-0.15, -0.1) is 12.4 Å². The highest BCUT2D eigenvalue weighted by Gasteiger charge is 2.30. The van der Waals surface area contributed by atoms with Crippen molar-refractivity contribution in [3.63, 3.8) is 0 Å². The summed E-state index contributed by atoms with van der Waals surface area (Å²) in [5.41, 5.74) is 5.77. The second-order valence-corrected chi connectivity index (χ2v) is 4.10. The number of piperidine rings is 1. The SMILES string of the molecule is CC1CN(CCC(F)(F)F)CCC1N.Cl. The van der Waals surface area contributed by atoms with E-state index in [0.29, 0.717) is 19.0 Å². The molecule has 2 unspecified atom stereocenters. The average molecular weight is 247 g/mol. The molecule has 0 aromatic carbocycles. The highest BCUT2D eigenvalue weighted by Crippen LogP contribution is 2.22. The van der Waals surface area contributed by atoms with Crippen molar-refractivity contribution in [3.8, 4) is 0 Å². The van der Waals surface area contributed by atoms with E-state index >= 15 is 0 Å². The normalized spacial score (nSPS) is 28.6. The smallest absolute Gasteiger partial charge is 0.327 e. The van der Waals surface area contributed by atoms with Crippen LogP contribution in [0.1, 0.15) is 19.8 Å². The zero-order chi connectivity index (χ0) is 10.8. The fourth-order valence-electron chi connectivity index (χ4n) is 1.74. The maximum Gasteiger partial charge on any atom is 0.390 e. The maximum atomic E-state index is 11.9. The minimum atomic E-state index is -4.04.